The number of halogens is 3. The minimum Gasteiger partial charge on any atom is -0.508 e. The van der Waals surface area contributed by atoms with Crippen LogP contribution in [0.25, 0.3) is 6.08 Å². The van der Waals surface area contributed by atoms with E-state index >= 15 is 0 Å². The lowest BCUT2D eigenvalue weighted by molar-refractivity contribution is -0.138. The van der Waals surface area contributed by atoms with Gasteiger partial charge in [-0.05, 0) is 54.7 Å². The summed E-state index contributed by atoms with van der Waals surface area (Å²) in [5, 5.41) is 10.9. The summed E-state index contributed by atoms with van der Waals surface area (Å²) in [5.74, 6) is -5.32. The van der Waals surface area contributed by atoms with Crippen molar-refractivity contribution in [3.05, 3.63) is 76.3 Å². The highest BCUT2D eigenvalue weighted by Crippen LogP contribution is 2.66. The number of allylic oxidation sites excluding steroid dienone is 2. The lowest BCUT2D eigenvalue weighted by Crippen LogP contribution is -2.60. The van der Waals surface area contributed by atoms with E-state index in [9.17, 15) is 24.3 Å². The molecule has 200 valence electrons. The number of nitrogens with zero attached hydrogens (tertiary/aromatic N) is 2. The highest BCUT2D eigenvalue weighted by Gasteiger charge is 2.76. The van der Waals surface area contributed by atoms with Crippen LogP contribution in [0.5, 0.6) is 5.75 Å². The summed E-state index contributed by atoms with van der Waals surface area (Å²) >= 11 is 17.7. The first-order valence-corrected chi connectivity index (χ1v) is 14.0. The third-order valence-electron chi connectivity index (χ3n) is 8.70. The third-order valence-corrected chi connectivity index (χ3v) is 10.6. The number of fused-ring (bicyclic) bond motifs is 4. The van der Waals surface area contributed by atoms with Crippen LogP contribution >= 0.6 is 39.1 Å². The van der Waals surface area contributed by atoms with E-state index in [1.54, 1.807) is 42.5 Å². The molecule has 2 aliphatic carbocycles. The number of phenols is 1. The molecule has 10 heteroatoms. The number of likely N-dealkylation sites (tertiary alicyclic amines) is 1. The average molecular weight is 630 g/mol. The molecular formula is C29H23BrCl2N2O5. The molecule has 0 unspecified atom stereocenters. The maximum Gasteiger partial charge on any atom is 0.253 e. The number of hydrogen-bond donors (Lipinski definition) is 1. The molecule has 1 N–H and O–H groups in total. The predicted molar refractivity (Wildman–Crippen MR) is 150 cm³/mol. The second-order valence-electron chi connectivity index (χ2n) is 10.5. The standard InChI is InChI=1S/C29H23BrCl2N2O5/c1-3-14-4-7-16(8-5-14)34-24(36)18-10-9-17-20(22(18)25(34)37)13-28(31)26(38)33(2)27(39)29(28,32)23(17)19-12-15(30)6-11-21(19)35/h3-9,11-12,18,20,22-23,35H,1,10,13H2,2H3/t18-,20+,22-,23+,28+,29-/m0/s1. The van der Waals surface area contributed by atoms with Gasteiger partial charge in [0, 0.05) is 23.0 Å². The second-order valence-corrected chi connectivity index (χ2v) is 12.7. The maximum atomic E-state index is 14.0. The Balaban J connectivity index is 1.51. The van der Waals surface area contributed by atoms with Crippen LogP contribution in [-0.2, 0) is 19.2 Å². The van der Waals surface area contributed by atoms with E-state index in [0.717, 1.165) is 10.5 Å². The van der Waals surface area contributed by atoms with Crippen molar-refractivity contribution < 1.29 is 24.3 Å². The Labute approximate surface area is 243 Å². The van der Waals surface area contributed by atoms with Gasteiger partial charge in [-0.15, -0.1) is 23.2 Å². The Hall–Kier alpha value is -2.94. The minimum atomic E-state index is -1.94. The van der Waals surface area contributed by atoms with Gasteiger partial charge in [-0.25, -0.2) is 0 Å². The Morgan fingerprint density at radius 2 is 1.72 bits per heavy atom. The number of phenolic OH excluding ortho intramolecular Hbond substituents is 1. The summed E-state index contributed by atoms with van der Waals surface area (Å²) in [4.78, 5) is 52.9. The van der Waals surface area contributed by atoms with Crippen LogP contribution in [0.4, 0.5) is 5.69 Å². The molecule has 2 saturated heterocycles. The number of hydrogen-bond acceptors (Lipinski definition) is 5. The molecule has 0 bridgehead atoms. The molecule has 0 aromatic heterocycles. The summed E-state index contributed by atoms with van der Waals surface area (Å²) in [6, 6.07) is 11.7. The minimum absolute atomic E-state index is 0.104. The first kappa shape index (κ1) is 26.3. The molecule has 4 amide bonds. The van der Waals surface area contributed by atoms with Crippen molar-refractivity contribution in [1.82, 2.24) is 4.90 Å². The monoisotopic (exact) mass is 628 g/mol. The Morgan fingerprint density at radius 1 is 1.03 bits per heavy atom. The van der Waals surface area contributed by atoms with Crippen molar-refractivity contribution in [1.29, 1.82) is 0 Å². The van der Waals surface area contributed by atoms with E-state index in [1.807, 2.05) is 6.08 Å². The van der Waals surface area contributed by atoms with Gasteiger partial charge in [-0.1, -0.05) is 52.4 Å². The van der Waals surface area contributed by atoms with Crippen LogP contribution in [0.15, 0.2) is 65.2 Å². The van der Waals surface area contributed by atoms with Crippen molar-refractivity contribution >= 4 is 74.5 Å². The van der Waals surface area contributed by atoms with E-state index in [-0.39, 0.29) is 24.5 Å². The van der Waals surface area contributed by atoms with Crippen molar-refractivity contribution in [3.63, 3.8) is 0 Å². The molecule has 7 nitrogen and oxygen atoms in total. The lowest BCUT2D eigenvalue weighted by atomic mass is 9.56. The number of benzene rings is 2. The number of rotatable bonds is 3. The molecular weight excluding hydrogens is 607 g/mol. The number of aromatic hydroxyl groups is 1. The number of carbonyl (C=O) groups is 4. The summed E-state index contributed by atoms with van der Waals surface area (Å²) in [7, 11) is 1.33. The highest BCUT2D eigenvalue weighted by molar-refractivity contribution is 9.10. The predicted octanol–water partition coefficient (Wildman–Crippen LogP) is 4.99. The molecule has 1 saturated carbocycles. The molecule has 4 aliphatic rings. The second kappa shape index (κ2) is 8.78. The van der Waals surface area contributed by atoms with E-state index < -0.39 is 51.1 Å². The average Bonchev–Trinajstić information content (AvgIpc) is 3.25. The highest BCUT2D eigenvalue weighted by atomic mass is 79.9. The zero-order valence-corrected chi connectivity index (χ0v) is 23.8. The van der Waals surface area contributed by atoms with E-state index in [2.05, 4.69) is 22.5 Å². The largest absolute Gasteiger partial charge is 0.508 e. The normalized spacial score (nSPS) is 33.6. The van der Waals surface area contributed by atoms with Crippen LogP contribution in [0, 0.1) is 17.8 Å². The van der Waals surface area contributed by atoms with E-state index in [0.29, 0.717) is 21.3 Å². The van der Waals surface area contributed by atoms with Gasteiger partial charge in [0.1, 0.15) is 5.75 Å². The van der Waals surface area contributed by atoms with Crippen LogP contribution in [0.2, 0.25) is 0 Å². The number of amides is 4. The summed E-state index contributed by atoms with van der Waals surface area (Å²) in [6.07, 6.45) is 3.65. The molecule has 0 radical (unpaired) electrons. The van der Waals surface area contributed by atoms with Crippen LogP contribution in [0.3, 0.4) is 0 Å². The Kier molecular flexibility index (Phi) is 5.92. The summed E-state index contributed by atoms with van der Waals surface area (Å²) < 4.78 is 0.624. The molecule has 0 spiro atoms. The molecule has 3 fully saturated rings. The van der Waals surface area contributed by atoms with Crippen molar-refractivity contribution in [2.45, 2.75) is 28.5 Å². The summed E-state index contributed by atoms with van der Waals surface area (Å²) in [6.45, 7) is 3.74. The summed E-state index contributed by atoms with van der Waals surface area (Å²) in [5.41, 5.74) is 2.23. The van der Waals surface area contributed by atoms with Gasteiger partial charge in [-0.2, -0.15) is 0 Å². The smallest absolute Gasteiger partial charge is 0.253 e. The molecule has 6 atom stereocenters. The van der Waals surface area contributed by atoms with Gasteiger partial charge in [-0.3, -0.25) is 29.0 Å². The zero-order valence-electron chi connectivity index (χ0n) is 20.7. The topological polar surface area (TPSA) is 95.0 Å². The third kappa shape index (κ3) is 3.34. The SMILES string of the molecule is C=Cc1ccc(N2C(=O)[C@H]3[C@H](CC=C4[C@H]3C[C@@]3(Cl)C(=O)N(C)C(=O)[C@@]3(Cl)[C@H]4c3cc(Br)ccc3O)C2=O)cc1. The molecule has 2 heterocycles. The Morgan fingerprint density at radius 3 is 2.38 bits per heavy atom. The zero-order chi connectivity index (χ0) is 28.0. The first-order chi connectivity index (χ1) is 18.5. The molecule has 6 rings (SSSR count). The fraction of sp³-hybridized carbons (Fsp3) is 0.310. The quantitative estimate of drug-likeness (QED) is 0.293. The van der Waals surface area contributed by atoms with Gasteiger partial charge < -0.3 is 5.11 Å². The van der Waals surface area contributed by atoms with Gasteiger partial charge in [0.05, 0.1) is 17.5 Å². The van der Waals surface area contributed by atoms with Crippen LogP contribution < -0.4 is 4.90 Å². The fourth-order valence-electron chi connectivity index (χ4n) is 6.86. The first-order valence-electron chi connectivity index (χ1n) is 12.4. The number of alkyl halides is 2. The Bertz CT molecular complexity index is 1520. The van der Waals surface area contributed by atoms with Crippen LogP contribution in [0.1, 0.15) is 29.9 Å². The molecule has 2 aromatic rings. The van der Waals surface area contributed by atoms with E-state index in [1.165, 1.54) is 18.0 Å². The molecule has 2 aromatic carbocycles. The van der Waals surface area contributed by atoms with Crippen molar-refractivity contribution in [3.8, 4) is 5.75 Å². The van der Waals surface area contributed by atoms with Gasteiger partial charge in [0.2, 0.25) is 11.8 Å². The van der Waals surface area contributed by atoms with Gasteiger partial charge in [0.25, 0.3) is 11.8 Å². The lowest BCUT2D eigenvalue weighted by Gasteiger charge is -2.50. The van der Waals surface area contributed by atoms with Crippen molar-refractivity contribution in [2.24, 2.45) is 17.8 Å². The number of imide groups is 2. The van der Waals surface area contributed by atoms with Gasteiger partial charge >= 0.3 is 0 Å². The van der Waals surface area contributed by atoms with E-state index in [4.69, 9.17) is 23.2 Å². The number of anilines is 1. The van der Waals surface area contributed by atoms with Crippen molar-refractivity contribution in [2.75, 3.05) is 11.9 Å². The molecule has 2 aliphatic heterocycles. The van der Waals surface area contributed by atoms with Gasteiger partial charge in [0.15, 0.2) is 9.75 Å². The molecule has 39 heavy (non-hydrogen) atoms. The fourth-order valence-corrected chi connectivity index (χ4v) is 8.25. The number of carbonyl (C=O) groups excluding carboxylic acids is 4. The van der Waals surface area contributed by atoms with Crippen LogP contribution in [-0.4, -0.2) is 50.4 Å². The maximum absolute atomic E-state index is 14.0.